The fourth-order valence-electron chi connectivity index (χ4n) is 6.22. The summed E-state index contributed by atoms with van der Waals surface area (Å²) in [7, 11) is 0. The number of likely N-dealkylation sites (tertiary alicyclic amines) is 1. The first kappa shape index (κ1) is 24.9. The largest absolute Gasteiger partial charge is 0.444 e. The average molecular weight is 436 g/mol. The van der Waals surface area contributed by atoms with E-state index in [-0.39, 0.29) is 11.7 Å². The number of ether oxygens (including phenoxy) is 2. The van der Waals surface area contributed by atoms with Crippen molar-refractivity contribution in [2.75, 3.05) is 26.3 Å². The summed E-state index contributed by atoms with van der Waals surface area (Å²) in [6.45, 7) is 19.0. The highest BCUT2D eigenvalue weighted by Crippen LogP contribution is 2.54. The van der Waals surface area contributed by atoms with Gasteiger partial charge in [0.1, 0.15) is 5.60 Å². The number of nitrogens with zero attached hydrogens (tertiary/aromatic N) is 1. The second-order valence-electron chi connectivity index (χ2n) is 12.9. The molecule has 0 aromatic rings. The summed E-state index contributed by atoms with van der Waals surface area (Å²) < 4.78 is 10.8. The van der Waals surface area contributed by atoms with E-state index < -0.39 is 0 Å². The lowest BCUT2D eigenvalue weighted by molar-refractivity contribution is -0.105. The van der Waals surface area contributed by atoms with E-state index in [0.29, 0.717) is 10.8 Å². The zero-order valence-corrected chi connectivity index (χ0v) is 21.5. The van der Waals surface area contributed by atoms with Crippen LogP contribution in [0.25, 0.3) is 0 Å². The van der Waals surface area contributed by atoms with E-state index in [1.54, 1.807) is 0 Å². The zero-order valence-electron chi connectivity index (χ0n) is 21.5. The minimum absolute atomic E-state index is 0.142. The maximum absolute atomic E-state index is 11.8. The van der Waals surface area contributed by atoms with Crippen LogP contribution in [-0.4, -0.2) is 42.9 Å². The molecule has 0 aromatic carbocycles. The minimum Gasteiger partial charge on any atom is -0.444 e. The van der Waals surface area contributed by atoms with Crippen molar-refractivity contribution in [3.8, 4) is 0 Å². The third kappa shape index (κ3) is 6.39. The number of hydrogen-bond donors (Lipinski definition) is 0. The van der Waals surface area contributed by atoms with Crippen molar-refractivity contribution in [1.82, 2.24) is 4.90 Å². The summed E-state index contributed by atoms with van der Waals surface area (Å²) in [6, 6.07) is 0. The molecule has 0 radical (unpaired) electrons. The van der Waals surface area contributed by atoms with Crippen LogP contribution in [0.15, 0.2) is 0 Å². The molecule has 0 N–H and O–H groups in total. The van der Waals surface area contributed by atoms with Crippen LogP contribution in [0.4, 0.5) is 4.79 Å². The summed E-state index contributed by atoms with van der Waals surface area (Å²) in [5.74, 6) is 3.56. The van der Waals surface area contributed by atoms with Gasteiger partial charge in [0.05, 0.1) is 0 Å². The molecule has 2 aliphatic heterocycles. The molecule has 4 aliphatic rings. The molecule has 2 heterocycles. The van der Waals surface area contributed by atoms with Crippen LogP contribution in [0.5, 0.6) is 0 Å². The fraction of sp³-hybridized carbons (Fsp3) is 0.963. The normalized spacial score (nSPS) is 27.5. The van der Waals surface area contributed by atoms with Gasteiger partial charge in [0, 0.05) is 31.7 Å². The Labute approximate surface area is 191 Å². The number of amides is 1. The van der Waals surface area contributed by atoms with E-state index in [4.69, 9.17) is 9.47 Å². The van der Waals surface area contributed by atoms with Gasteiger partial charge >= 0.3 is 6.09 Å². The SMILES string of the molecule is CC(C)C1CC2(C1)CN(C(=O)OC(C)(C)C)C2.CC(C)C1CCC2(CCOCC2)CC1. The number of hydrogen-bond acceptors (Lipinski definition) is 3. The Balaban J connectivity index is 0.000000179. The van der Waals surface area contributed by atoms with Gasteiger partial charge in [0.2, 0.25) is 0 Å². The Morgan fingerprint density at radius 1 is 0.871 bits per heavy atom. The first-order valence-corrected chi connectivity index (χ1v) is 13.0. The quantitative estimate of drug-likeness (QED) is 0.472. The van der Waals surface area contributed by atoms with Crippen molar-refractivity contribution in [3.05, 3.63) is 0 Å². The lowest BCUT2D eigenvalue weighted by Crippen LogP contribution is -2.64. The summed E-state index contributed by atoms with van der Waals surface area (Å²) in [6.07, 6.45) is 11.0. The lowest BCUT2D eigenvalue weighted by Gasteiger charge is -2.59. The molecule has 180 valence electrons. The summed E-state index contributed by atoms with van der Waals surface area (Å²) >= 11 is 0. The first-order valence-electron chi connectivity index (χ1n) is 13.0. The van der Waals surface area contributed by atoms with Crippen LogP contribution in [0, 0.1) is 34.5 Å². The Hall–Kier alpha value is -0.770. The van der Waals surface area contributed by atoms with Gasteiger partial charge in [-0.3, -0.25) is 0 Å². The van der Waals surface area contributed by atoms with Crippen molar-refractivity contribution >= 4 is 6.09 Å². The fourth-order valence-corrected chi connectivity index (χ4v) is 6.22. The highest BCUT2D eigenvalue weighted by atomic mass is 16.6. The van der Waals surface area contributed by atoms with Crippen molar-refractivity contribution in [1.29, 1.82) is 0 Å². The smallest absolute Gasteiger partial charge is 0.410 e. The summed E-state index contributed by atoms with van der Waals surface area (Å²) in [5.41, 5.74) is 0.773. The predicted octanol–water partition coefficient (Wildman–Crippen LogP) is 6.92. The molecule has 0 atom stereocenters. The molecule has 2 saturated carbocycles. The molecule has 4 fully saturated rings. The molecule has 1 amide bonds. The first-order chi connectivity index (χ1) is 14.4. The van der Waals surface area contributed by atoms with Gasteiger partial charge in [0.15, 0.2) is 0 Å². The minimum atomic E-state index is -0.375. The highest BCUT2D eigenvalue weighted by molar-refractivity contribution is 5.69. The van der Waals surface area contributed by atoms with Gasteiger partial charge < -0.3 is 14.4 Å². The van der Waals surface area contributed by atoms with Crippen LogP contribution in [0.1, 0.15) is 99.8 Å². The monoisotopic (exact) mass is 435 g/mol. The lowest BCUT2D eigenvalue weighted by atomic mass is 9.55. The van der Waals surface area contributed by atoms with E-state index in [0.717, 1.165) is 50.0 Å². The molecule has 2 aliphatic carbocycles. The molecule has 4 nitrogen and oxygen atoms in total. The van der Waals surface area contributed by atoms with E-state index >= 15 is 0 Å². The Morgan fingerprint density at radius 3 is 1.84 bits per heavy atom. The second-order valence-corrected chi connectivity index (χ2v) is 12.9. The summed E-state index contributed by atoms with van der Waals surface area (Å²) in [4.78, 5) is 13.6. The third-order valence-corrected chi connectivity index (χ3v) is 8.62. The van der Waals surface area contributed by atoms with E-state index in [9.17, 15) is 4.79 Å². The maximum Gasteiger partial charge on any atom is 0.410 e. The van der Waals surface area contributed by atoms with Gasteiger partial charge in [-0.2, -0.15) is 0 Å². The Morgan fingerprint density at radius 2 is 1.39 bits per heavy atom. The average Bonchev–Trinajstić information content (AvgIpc) is 2.59. The Bertz CT molecular complexity index is 576. The molecule has 4 heteroatoms. The van der Waals surface area contributed by atoms with Crippen LogP contribution >= 0.6 is 0 Å². The van der Waals surface area contributed by atoms with Crippen LogP contribution in [-0.2, 0) is 9.47 Å². The zero-order chi connectivity index (χ0) is 22.9. The van der Waals surface area contributed by atoms with Gasteiger partial charge in [-0.25, -0.2) is 4.79 Å². The van der Waals surface area contributed by atoms with Crippen LogP contribution in [0.3, 0.4) is 0 Å². The second kappa shape index (κ2) is 9.61. The molecule has 2 spiro atoms. The molecule has 4 rings (SSSR count). The maximum atomic E-state index is 11.8. The molecule has 2 saturated heterocycles. The van der Waals surface area contributed by atoms with Crippen molar-refractivity contribution < 1.29 is 14.3 Å². The van der Waals surface area contributed by atoms with Crippen molar-refractivity contribution in [2.24, 2.45) is 34.5 Å². The molecule has 0 unspecified atom stereocenters. The predicted molar refractivity (Wildman–Crippen MR) is 127 cm³/mol. The Kier molecular flexibility index (Phi) is 7.71. The van der Waals surface area contributed by atoms with Crippen LogP contribution < -0.4 is 0 Å². The van der Waals surface area contributed by atoms with E-state index in [2.05, 4.69) is 27.7 Å². The highest BCUT2D eigenvalue weighted by Gasteiger charge is 2.54. The van der Waals surface area contributed by atoms with Gasteiger partial charge in [-0.05, 0) is 101 Å². The van der Waals surface area contributed by atoms with E-state index in [1.165, 1.54) is 51.4 Å². The topological polar surface area (TPSA) is 38.8 Å². The summed E-state index contributed by atoms with van der Waals surface area (Å²) in [5, 5.41) is 0. The molecule has 0 aromatic heterocycles. The van der Waals surface area contributed by atoms with Crippen molar-refractivity contribution in [2.45, 2.75) is 105 Å². The van der Waals surface area contributed by atoms with Crippen molar-refractivity contribution in [3.63, 3.8) is 0 Å². The van der Waals surface area contributed by atoms with Crippen LogP contribution in [0.2, 0.25) is 0 Å². The van der Waals surface area contributed by atoms with Gasteiger partial charge in [0.25, 0.3) is 0 Å². The van der Waals surface area contributed by atoms with Gasteiger partial charge in [-0.15, -0.1) is 0 Å². The number of carbonyl (C=O) groups is 1. The van der Waals surface area contributed by atoms with E-state index in [1.807, 2.05) is 25.7 Å². The molecule has 0 bridgehead atoms. The molecular formula is C27H49NO3. The van der Waals surface area contributed by atoms with Gasteiger partial charge in [-0.1, -0.05) is 27.7 Å². The molecule has 31 heavy (non-hydrogen) atoms. The standard InChI is InChI=1S/C14H25NO2.C13H24O/c1-10(2)11-6-14(7-11)8-15(9-14)12(16)17-13(3,4)5;1-11(2)12-3-5-13(6-4-12)7-9-14-10-8-13/h10-11H,6-9H2,1-5H3;11-12H,3-10H2,1-2H3. The third-order valence-electron chi connectivity index (χ3n) is 8.62. The number of rotatable bonds is 2. The molecular weight excluding hydrogens is 386 g/mol. The number of carbonyl (C=O) groups excluding carboxylic acids is 1.